The number of nitrogens with one attached hydrogen (secondary N) is 1. The molecule has 2 rings (SSSR count). The normalized spacial score (nSPS) is 11.0. The summed E-state index contributed by atoms with van der Waals surface area (Å²) >= 11 is 0. The van der Waals surface area contributed by atoms with Crippen molar-refractivity contribution >= 4 is 27.3 Å². The third kappa shape index (κ3) is 4.73. The van der Waals surface area contributed by atoms with Gasteiger partial charge in [0.05, 0.1) is 19.1 Å². The van der Waals surface area contributed by atoms with Crippen molar-refractivity contribution in [2.24, 2.45) is 0 Å². The smallest absolute Gasteiger partial charge is 0.245 e. The summed E-state index contributed by atoms with van der Waals surface area (Å²) in [5, 5.41) is 2.80. The van der Waals surface area contributed by atoms with Crippen LogP contribution >= 0.6 is 0 Å². The average Bonchev–Trinajstić information content (AvgIpc) is 2.55. The van der Waals surface area contributed by atoms with Gasteiger partial charge in [-0.05, 0) is 49.2 Å². The van der Waals surface area contributed by atoms with Gasteiger partial charge in [-0.15, -0.1) is 0 Å². The molecule has 7 heteroatoms. The molecule has 0 spiro atoms. The van der Waals surface area contributed by atoms with Gasteiger partial charge in [0.1, 0.15) is 12.3 Å². The molecule has 0 aliphatic carbocycles. The molecule has 0 aromatic heterocycles. The number of hydrogen-bond acceptors (Lipinski definition) is 4. The zero-order chi connectivity index (χ0) is 18.6. The quantitative estimate of drug-likeness (QED) is 0.857. The predicted molar refractivity (Wildman–Crippen MR) is 99.7 cm³/mol. The molecule has 1 amide bonds. The Labute approximate surface area is 148 Å². The molecule has 0 bridgehead atoms. The van der Waals surface area contributed by atoms with Gasteiger partial charge in [-0.25, -0.2) is 8.42 Å². The Hall–Kier alpha value is -2.54. The first-order chi connectivity index (χ1) is 11.7. The fraction of sp³-hybridized carbons (Fsp3) is 0.278. The number of rotatable bonds is 6. The Kier molecular flexibility index (Phi) is 5.69. The Balaban J connectivity index is 2.24. The van der Waals surface area contributed by atoms with Gasteiger partial charge in [-0.3, -0.25) is 9.10 Å². The first-order valence-corrected chi connectivity index (χ1v) is 9.55. The van der Waals surface area contributed by atoms with Crippen molar-refractivity contribution in [2.45, 2.75) is 13.8 Å². The third-order valence-electron chi connectivity index (χ3n) is 3.79. The molecule has 2 aromatic rings. The molecule has 0 atom stereocenters. The monoisotopic (exact) mass is 362 g/mol. The highest BCUT2D eigenvalue weighted by Crippen LogP contribution is 2.23. The van der Waals surface area contributed by atoms with Crippen LogP contribution in [0.3, 0.4) is 0 Å². The summed E-state index contributed by atoms with van der Waals surface area (Å²) in [4.78, 5) is 12.4. The van der Waals surface area contributed by atoms with Crippen LogP contribution in [0.1, 0.15) is 11.1 Å². The van der Waals surface area contributed by atoms with E-state index in [9.17, 15) is 13.2 Å². The molecule has 25 heavy (non-hydrogen) atoms. The molecule has 0 heterocycles. The maximum atomic E-state index is 12.4. The van der Waals surface area contributed by atoms with Crippen LogP contribution < -0.4 is 14.4 Å². The molecule has 0 unspecified atom stereocenters. The number of carbonyl (C=O) groups excluding carboxylic acids is 1. The zero-order valence-electron chi connectivity index (χ0n) is 14.7. The SMILES string of the molecule is COc1ccc(N(CC(=O)Nc2c(C)cccc2C)S(C)(=O)=O)cc1. The number of aryl methyl sites for hydroxylation is 2. The van der Waals surface area contributed by atoms with Crippen LogP contribution in [0.25, 0.3) is 0 Å². The molecule has 0 fully saturated rings. The van der Waals surface area contributed by atoms with Crippen LogP contribution in [-0.2, 0) is 14.8 Å². The van der Waals surface area contributed by atoms with E-state index in [1.54, 1.807) is 24.3 Å². The van der Waals surface area contributed by atoms with Gasteiger partial charge in [-0.2, -0.15) is 0 Å². The summed E-state index contributed by atoms with van der Waals surface area (Å²) < 4.78 is 30.4. The number of anilines is 2. The molecule has 2 aromatic carbocycles. The van der Waals surface area contributed by atoms with Gasteiger partial charge >= 0.3 is 0 Å². The van der Waals surface area contributed by atoms with Crippen molar-refractivity contribution in [3.63, 3.8) is 0 Å². The fourth-order valence-electron chi connectivity index (χ4n) is 2.47. The Morgan fingerprint density at radius 1 is 1.08 bits per heavy atom. The number of amides is 1. The molecule has 0 saturated carbocycles. The summed E-state index contributed by atoms with van der Waals surface area (Å²) in [6.45, 7) is 3.47. The second kappa shape index (κ2) is 7.57. The van der Waals surface area contributed by atoms with Crippen molar-refractivity contribution in [3.8, 4) is 5.75 Å². The standard InChI is InChI=1S/C18H22N2O4S/c1-13-6-5-7-14(2)18(13)19-17(21)12-20(25(4,22)23)15-8-10-16(24-3)11-9-15/h5-11H,12H2,1-4H3,(H,19,21). The van der Waals surface area contributed by atoms with Gasteiger partial charge in [-0.1, -0.05) is 18.2 Å². The minimum absolute atomic E-state index is 0.307. The zero-order valence-corrected chi connectivity index (χ0v) is 15.6. The van der Waals surface area contributed by atoms with Crippen LogP contribution in [0.5, 0.6) is 5.75 Å². The van der Waals surface area contributed by atoms with E-state index >= 15 is 0 Å². The first-order valence-electron chi connectivity index (χ1n) is 7.70. The maximum Gasteiger partial charge on any atom is 0.245 e. The van der Waals surface area contributed by atoms with Gasteiger partial charge in [0.15, 0.2) is 0 Å². The average molecular weight is 362 g/mol. The highest BCUT2D eigenvalue weighted by atomic mass is 32.2. The Bertz CT molecular complexity index is 841. The van der Waals surface area contributed by atoms with Crippen LogP contribution in [0.2, 0.25) is 0 Å². The van der Waals surface area contributed by atoms with E-state index in [1.165, 1.54) is 7.11 Å². The number of hydrogen-bond donors (Lipinski definition) is 1. The van der Waals surface area contributed by atoms with Crippen LogP contribution in [0.4, 0.5) is 11.4 Å². The van der Waals surface area contributed by atoms with Gasteiger partial charge < -0.3 is 10.1 Å². The highest BCUT2D eigenvalue weighted by Gasteiger charge is 2.21. The lowest BCUT2D eigenvalue weighted by Gasteiger charge is -2.22. The summed E-state index contributed by atoms with van der Waals surface area (Å²) in [5.74, 6) is 0.204. The number of nitrogens with zero attached hydrogens (tertiary/aromatic N) is 1. The number of sulfonamides is 1. The number of methoxy groups -OCH3 is 1. The third-order valence-corrected chi connectivity index (χ3v) is 4.93. The minimum atomic E-state index is -3.61. The number of ether oxygens (including phenoxy) is 1. The van der Waals surface area contributed by atoms with Gasteiger partial charge in [0.2, 0.25) is 15.9 Å². The van der Waals surface area contributed by atoms with Crippen LogP contribution in [0, 0.1) is 13.8 Å². The topological polar surface area (TPSA) is 75.7 Å². The minimum Gasteiger partial charge on any atom is -0.497 e. The predicted octanol–water partition coefficient (Wildman–Crippen LogP) is 2.72. The summed E-state index contributed by atoms with van der Waals surface area (Å²) in [6, 6.07) is 12.2. The molecule has 6 nitrogen and oxygen atoms in total. The fourth-order valence-corrected chi connectivity index (χ4v) is 3.33. The van der Waals surface area contributed by atoms with E-state index in [0.29, 0.717) is 17.1 Å². The van der Waals surface area contributed by atoms with Crippen LogP contribution in [-0.4, -0.2) is 34.2 Å². The van der Waals surface area contributed by atoms with E-state index in [4.69, 9.17) is 4.74 Å². The second-order valence-electron chi connectivity index (χ2n) is 5.78. The molecule has 0 saturated heterocycles. The van der Waals surface area contributed by atoms with E-state index in [1.807, 2.05) is 32.0 Å². The maximum absolute atomic E-state index is 12.4. The van der Waals surface area contributed by atoms with E-state index < -0.39 is 15.9 Å². The highest BCUT2D eigenvalue weighted by molar-refractivity contribution is 7.92. The van der Waals surface area contributed by atoms with E-state index in [-0.39, 0.29) is 6.54 Å². The lowest BCUT2D eigenvalue weighted by Crippen LogP contribution is -2.37. The van der Waals surface area contributed by atoms with Crippen LogP contribution in [0.15, 0.2) is 42.5 Å². The second-order valence-corrected chi connectivity index (χ2v) is 7.69. The summed E-state index contributed by atoms with van der Waals surface area (Å²) in [7, 11) is -2.08. The molecular formula is C18H22N2O4S. The Morgan fingerprint density at radius 3 is 2.12 bits per heavy atom. The van der Waals surface area contributed by atoms with E-state index in [0.717, 1.165) is 21.7 Å². The molecular weight excluding hydrogens is 340 g/mol. The van der Waals surface area contributed by atoms with Gasteiger partial charge in [0, 0.05) is 5.69 Å². The summed E-state index contributed by atoms with van der Waals surface area (Å²) in [5.41, 5.74) is 2.95. The molecule has 0 aliphatic rings. The Morgan fingerprint density at radius 2 is 1.64 bits per heavy atom. The van der Waals surface area contributed by atoms with Crippen molar-refractivity contribution in [1.29, 1.82) is 0 Å². The first kappa shape index (κ1) is 18.8. The van der Waals surface area contributed by atoms with Crippen molar-refractivity contribution in [3.05, 3.63) is 53.6 Å². The largest absolute Gasteiger partial charge is 0.497 e. The van der Waals surface area contributed by atoms with Crippen molar-refractivity contribution < 1.29 is 17.9 Å². The molecule has 0 radical (unpaired) electrons. The molecule has 134 valence electrons. The molecule has 0 aliphatic heterocycles. The molecule has 1 N–H and O–H groups in total. The van der Waals surface area contributed by atoms with Gasteiger partial charge in [0.25, 0.3) is 0 Å². The van der Waals surface area contributed by atoms with Crippen molar-refractivity contribution in [1.82, 2.24) is 0 Å². The van der Waals surface area contributed by atoms with Crippen molar-refractivity contribution in [2.75, 3.05) is 29.5 Å². The summed E-state index contributed by atoms with van der Waals surface area (Å²) in [6.07, 6.45) is 1.07. The lowest BCUT2D eigenvalue weighted by molar-refractivity contribution is -0.114. The lowest BCUT2D eigenvalue weighted by atomic mass is 10.1. The van der Waals surface area contributed by atoms with E-state index in [2.05, 4.69) is 5.32 Å². The number of benzene rings is 2. The number of para-hydroxylation sites is 1. The number of carbonyl (C=O) groups is 1.